The Morgan fingerprint density at radius 2 is 2.00 bits per heavy atom. The van der Waals surface area contributed by atoms with Crippen LogP contribution in [0.25, 0.3) is 0 Å². The van der Waals surface area contributed by atoms with Crippen molar-refractivity contribution in [2.45, 2.75) is 52.0 Å². The topological polar surface area (TPSA) is 44.4 Å². The van der Waals surface area contributed by atoms with Crippen LogP contribution in [0.15, 0.2) is 0 Å². The fourth-order valence-electron chi connectivity index (χ4n) is 2.39. The highest BCUT2D eigenvalue weighted by molar-refractivity contribution is 5.76. The minimum Gasteiger partial charge on any atom is -0.356 e. The summed E-state index contributed by atoms with van der Waals surface area (Å²) >= 11 is 0. The number of hydrogen-bond acceptors (Lipinski definition) is 3. The van der Waals surface area contributed by atoms with E-state index < -0.39 is 0 Å². The van der Waals surface area contributed by atoms with Crippen LogP contribution in [0.4, 0.5) is 0 Å². The molecule has 0 aromatic rings. The molecule has 0 unspecified atom stereocenters. The minimum absolute atomic E-state index is 0.240. The third kappa shape index (κ3) is 7.53. The average Bonchev–Trinajstić information content (AvgIpc) is 2.39. The first-order chi connectivity index (χ1) is 9.09. The highest BCUT2D eigenvalue weighted by Gasteiger charge is 2.16. The molecule has 1 aliphatic heterocycles. The maximum Gasteiger partial charge on any atom is 0.220 e. The van der Waals surface area contributed by atoms with E-state index in [0.29, 0.717) is 18.4 Å². The SMILES string of the molecule is CC(C)N(C)CCCCNC(=O)CC1CCNCC1. The Morgan fingerprint density at radius 3 is 2.63 bits per heavy atom. The molecule has 4 heteroatoms. The highest BCUT2D eigenvalue weighted by atomic mass is 16.1. The van der Waals surface area contributed by atoms with Gasteiger partial charge in [-0.2, -0.15) is 0 Å². The number of unbranched alkanes of at least 4 members (excludes halogenated alkanes) is 1. The predicted octanol–water partition coefficient (Wildman–Crippen LogP) is 1.61. The molecule has 0 bridgehead atoms. The van der Waals surface area contributed by atoms with E-state index in [2.05, 4.69) is 36.4 Å². The molecule has 0 spiro atoms. The third-order valence-corrected chi connectivity index (χ3v) is 4.07. The van der Waals surface area contributed by atoms with Crippen LogP contribution in [0.3, 0.4) is 0 Å². The van der Waals surface area contributed by atoms with Gasteiger partial charge in [0.05, 0.1) is 0 Å². The van der Waals surface area contributed by atoms with Crippen molar-refractivity contribution in [2.24, 2.45) is 5.92 Å². The van der Waals surface area contributed by atoms with Gasteiger partial charge in [0.15, 0.2) is 0 Å². The van der Waals surface area contributed by atoms with E-state index in [4.69, 9.17) is 0 Å². The van der Waals surface area contributed by atoms with Gasteiger partial charge in [-0.15, -0.1) is 0 Å². The summed E-state index contributed by atoms with van der Waals surface area (Å²) in [4.78, 5) is 14.1. The first-order valence-electron chi connectivity index (χ1n) is 7.77. The van der Waals surface area contributed by atoms with Crippen LogP contribution in [0.5, 0.6) is 0 Å². The Labute approximate surface area is 118 Å². The van der Waals surface area contributed by atoms with Gasteiger partial charge >= 0.3 is 0 Å². The largest absolute Gasteiger partial charge is 0.356 e. The number of carbonyl (C=O) groups is 1. The van der Waals surface area contributed by atoms with Crippen LogP contribution in [-0.2, 0) is 4.79 Å². The second kappa shape index (κ2) is 9.32. The van der Waals surface area contributed by atoms with Crippen LogP contribution in [0.1, 0.15) is 46.0 Å². The summed E-state index contributed by atoms with van der Waals surface area (Å²) in [6.07, 6.45) is 5.24. The quantitative estimate of drug-likeness (QED) is 0.658. The number of piperidine rings is 1. The maximum absolute atomic E-state index is 11.8. The van der Waals surface area contributed by atoms with E-state index in [9.17, 15) is 4.79 Å². The lowest BCUT2D eigenvalue weighted by Gasteiger charge is -2.22. The smallest absolute Gasteiger partial charge is 0.220 e. The van der Waals surface area contributed by atoms with Gasteiger partial charge < -0.3 is 15.5 Å². The molecule has 0 radical (unpaired) electrons. The number of rotatable bonds is 8. The minimum atomic E-state index is 0.240. The highest BCUT2D eigenvalue weighted by Crippen LogP contribution is 2.15. The van der Waals surface area contributed by atoms with E-state index in [1.54, 1.807) is 0 Å². The van der Waals surface area contributed by atoms with Crippen molar-refractivity contribution in [3.05, 3.63) is 0 Å². The van der Waals surface area contributed by atoms with Crippen molar-refractivity contribution < 1.29 is 4.79 Å². The molecule has 19 heavy (non-hydrogen) atoms. The Hall–Kier alpha value is -0.610. The fourth-order valence-corrected chi connectivity index (χ4v) is 2.39. The summed E-state index contributed by atoms with van der Waals surface area (Å²) in [5.41, 5.74) is 0. The Balaban J connectivity index is 1.98. The van der Waals surface area contributed by atoms with E-state index in [0.717, 1.165) is 51.9 Å². The first kappa shape index (κ1) is 16.4. The van der Waals surface area contributed by atoms with Gasteiger partial charge in [0, 0.05) is 19.0 Å². The number of nitrogens with zero attached hydrogens (tertiary/aromatic N) is 1. The van der Waals surface area contributed by atoms with Crippen molar-refractivity contribution >= 4 is 5.91 Å². The summed E-state index contributed by atoms with van der Waals surface area (Å²) < 4.78 is 0. The molecule has 0 saturated carbocycles. The fraction of sp³-hybridized carbons (Fsp3) is 0.933. The summed E-state index contributed by atoms with van der Waals surface area (Å²) in [5.74, 6) is 0.831. The van der Waals surface area contributed by atoms with E-state index in [1.165, 1.54) is 0 Å². The van der Waals surface area contributed by atoms with Crippen LogP contribution in [0, 0.1) is 5.92 Å². The monoisotopic (exact) mass is 269 g/mol. The van der Waals surface area contributed by atoms with Crippen LogP contribution < -0.4 is 10.6 Å². The molecule has 1 aliphatic rings. The van der Waals surface area contributed by atoms with Crippen LogP contribution >= 0.6 is 0 Å². The predicted molar refractivity (Wildman–Crippen MR) is 80.2 cm³/mol. The van der Waals surface area contributed by atoms with Crippen LogP contribution in [0.2, 0.25) is 0 Å². The maximum atomic E-state index is 11.8. The zero-order chi connectivity index (χ0) is 14.1. The normalized spacial score (nSPS) is 17.1. The molecular formula is C15H31N3O. The lowest BCUT2D eigenvalue weighted by molar-refractivity contribution is -0.122. The van der Waals surface area contributed by atoms with E-state index in [1.807, 2.05) is 0 Å². The van der Waals surface area contributed by atoms with Gasteiger partial charge in [-0.1, -0.05) is 0 Å². The lowest BCUT2D eigenvalue weighted by atomic mass is 9.94. The average molecular weight is 269 g/mol. The first-order valence-corrected chi connectivity index (χ1v) is 7.77. The molecule has 4 nitrogen and oxygen atoms in total. The van der Waals surface area contributed by atoms with Gasteiger partial charge in [-0.25, -0.2) is 0 Å². The summed E-state index contributed by atoms with van der Waals surface area (Å²) in [6.45, 7) is 8.50. The standard InChI is InChI=1S/C15H31N3O/c1-13(2)18(3)11-5-4-8-17-15(19)12-14-6-9-16-10-7-14/h13-14,16H,4-12H2,1-3H3,(H,17,19). The van der Waals surface area contributed by atoms with Crippen molar-refractivity contribution in [1.82, 2.24) is 15.5 Å². The molecule has 1 heterocycles. The van der Waals surface area contributed by atoms with Gasteiger partial charge in [-0.05, 0) is 72.1 Å². The van der Waals surface area contributed by atoms with Gasteiger partial charge in [0.1, 0.15) is 0 Å². The second-order valence-electron chi connectivity index (χ2n) is 6.03. The Morgan fingerprint density at radius 1 is 1.32 bits per heavy atom. The van der Waals surface area contributed by atoms with Crippen molar-refractivity contribution in [3.8, 4) is 0 Å². The molecule has 0 aromatic carbocycles. The summed E-state index contributed by atoms with van der Waals surface area (Å²) in [7, 11) is 2.15. The van der Waals surface area contributed by atoms with E-state index >= 15 is 0 Å². The van der Waals surface area contributed by atoms with Gasteiger partial charge in [-0.3, -0.25) is 4.79 Å². The second-order valence-corrected chi connectivity index (χ2v) is 6.03. The summed E-state index contributed by atoms with van der Waals surface area (Å²) in [5, 5.41) is 6.39. The molecule has 0 atom stereocenters. The third-order valence-electron chi connectivity index (χ3n) is 4.07. The van der Waals surface area contributed by atoms with Crippen molar-refractivity contribution in [2.75, 3.05) is 33.2 Å². The van der Waals surface area contributed by atoms with Gasteiger partial charge in [0.25, 0.3) is 0 Å². The van der Waals surface area contributed by atoms with E-state index in [-0.39, 0.29) is 5.91 Å². The molecule has 1 fully saturated rings. The lowest BCUT2D eigenvalue weighted by Crippen LogP contribution is -2.33. The molecule has 0 aromatic heterocycles. The molecule has 2 N–H and O–H groups in total. The molecule has 0 aliphatic carbocycles. The summed E-state index contributed by atoms with van der Waals surface area (Å²) in [6, 6.07) is 0.606. The molecule has 1 amide bonds. The van der Waals surface area contributed by atoms with Crippen molar-refractivity contribution in [3.63, 3.8) is 0 Å². The number of amides is 1. The zero-order valence-corrected chi connectivity index (χ0v) is 12.9. The number of nitrogens with one attached hydrogen (secondary N) is 2. The number of carbonyl (C=O) groups excluding carboxylic acids is 1. The molecular weight excluding hydrogens is 238 g/mol. The number of hydrogen-bond donors (Lipinski definition) is 2. The molecule has 1 rings (SSSR count). The van der Waals surface area contributed by atoms with Crippen LogP contribution in [-0.4, -0.2) is 50.1 Å². The Bertz CT molecular complexity index is 250. The van der Waals surface area contributed by atoms with Crippen molar-refractivity contribution in [1.29, 1.82) is 0 Å². The molecule has 112 valence electrons. The zero-order valence-electron chi connectivity index (χ0n) is 12.9. The Kier molecular flexibility index (Phi) is 8.07. The molecule has 1 saturated heterocycles. The van der Waals surface area contributed by atoms with Gasteiger partial charge in [0.2, 0.25) is 5.91 Å².